The zero-order valence-electron chi connectivity index (χ0n) is 18.2. The molecule has 1 aromatic rings. The average molecular weight is 464 g/mol. The lowest BCUT2D eigenvalue weighted by molar-refractivity contribution is -0.163. The van der Waals surface area contributed by atoms with E-state index in [0.29, 0.717) is 16.9 Å². The van der Waals surface area contributed by atoms with Gasteiger partial charge in [-0.3, -0.25) is 4.79 Å². The van der Waals surface area contributed by atoms with Crippen molar-refractivity contribution in [1.29, 1.82) is 0 Å². The summed E-state index contributed by atoms with van der Waals surface area (Å²) >= 11 is 2.85. The minimum Gasteiger partial charge on any atom is -0.477 e. The molecule has 1 aromatic heterocycles. The lowest BCUT2D eigenvalue weighted by atomic mass is 9.79. The lowest BCUT2D eigenvalue weighted by Crippen LogP contribution is -2.63. The van der Waals surface area contributed by atoms with E-state index < -0.39 is 18.0 Å². The first-order chi connectivity index (χ1) is 14.7. The first-order valence-corrected chi connectivity index (χ1v) is 12.4. The second-order valence-electron chi connectivity index (χ2n) is 9.00. The Morgan fingerprint density at radius 2 is 2.16 bits per heavy atom. The van der Waals surface area contributed by atoms with Crippen molar-refractivity contribution in [3.63, 3.8) is 0 Å². The molecule has 1 amide bonds. The number of aliphatic hydroxyl groups is 1. The first kappa shape index (κ1) is 22.5. The smallest absolute Gasteiger partial charge is 0.353 e. The second-order valence-corrected chi connectivity index (χ2v) is 11.2. The van der Waals surface area contributed by atoms with Gasteiger partial charge in [0, 0.05) is 22.2 Å². The van der Waals surface area contributed by atoms with Gasteiger partial charge in [0.15, 0.2) is 4.34 Å². The number of carbonyl (C=O) groups excluding carboxylic acids is 1. The number of nitrogens with one attached hydrogen (secondary N) is 1. The zero-order valence-corrected chi connectivity index (χ0v) is 19.8. The summed E-state index contributed by atoms with van der Waals surface area (Å²) in [5, 5.41) is 25.4. The number of rotatable bonds is 7. The van der Waals surface area contributed by atoms with Crippen molar-refractivity contribution >= 4 is 40.5 Å². The van der Waals surface area contributed by atoms with Gasteiger partial charge in [-0.05, 0) is 37.8 Å². The van der Waals surface area contributed by atoms with Crippen LogP contribution in [0.5, 0.6) is 0 Å². The molecule has 168 valence electrons. The number of hydrogen-bond acceptors (Lipinski definition) is 7. The van der Waals surface area contributed by atoms with Gasteiger partial charge in [0.2, 0.25) is 5.91 Å². The molecule has 1 fully saturated rings. The average Bonchev–Trinajstić information content (AvgIpc) is 3.24. The van der Waals surface area contributed by atoms with E-state index in [-0.39, 0.29) is 23.6 Å². The third kappa shape index (κ3) is 4.08. The van der Waals surface area contributed by atoms with E-state index in [1.54, 1.807) is 6.92 Å². The van der Waals surface area contributed by atoms with Crippen molar-refractivity contribution in [3.8, 4) is 0 Å². The minimum absolute atomic E-state index is 0.0410. The van der Waals surface area contributed by atoms with Crippen molar-refractivity contribution in [3.05, 3.63) is 27.8 Å². The van der Waals surface area contributed by atoms with Gasteiger partial charge in [0.05, 0.1) is 23.8 Å². The van der Waals surface area contributed by atoms with Crippen LogP contribution in [0.4, 0.5) is 0 Å². The second kappa shape index (κ2) is 8.69. The van der Waals surface area contributed by atoms with E-state index in [9.17, 15) is 19.8 Å². The number of fused-ring (bicyclic) bond motifs is 1. The number of carboxylic acids is 1. The quantitative estimate of drug-likeness (QED) is 0.534. The number of β-lactam (4-membered cyclic amide) rings is 1. The Bertz CT molecular complexity index is 952. The molecule has 0 aromatic carbocycles. The first-order valence-electron chi connectivity index (χ1n) is 10.8. The van der Waals surface area contributed by atoms with Crippen molar-refractivity contribution in [1.82, 2.24) is 15.2 Å². The van der Waals surface area contributed by atoms with Crippen LogP contribution in [0.15, 0.2) is 26.4 Å². The van der Waals surface area contributed by atoms with Crippen molar-refractivity contribution < 1.29 is 19.8 Å². The summed E-state index contributed by atoms with van der Waals surface area (Å²) in [5.74, 6) is -1.51. The van der Waals surface area contributed by atoms with Crippen LogP contribution in [0.2, 0.25) is 0 Å². The predicted molar refractivity (Wildman–Crippen MR) is 121 cm³/mol. The van der Waals surface area contributed by atoms with Gasteiger partial charge < -0.3 is 20.4 Å². The summed E-state index contributed by atoms with van der Waals surface area (Å²) < 4.78 is 0.777. The highest BCUT2D eigenvalue weighted by atomic mass is 32.2. The van der Waals surface area contributed by atoms with Crippen LogP contribution in [-0.2, 0) is 9.59 Å². The van der Waals surface area contributed by atoms with Gasteiger partial charge in [-0.15, -0.1) is 11.3 Å². The van der Waals surface area contributed by atoms with Crippen LogP contribution < -0.4 is 5.32 Å². The van der Waals surface area contributed by atoms with Crippen LogP contribution in [0.25, 0.3) is 5.57 Å². The number of aromatic nitrogens is 1. The Balaban J connectivity index is 1.56. The summed E-state index contributed by atoms with van der Waals surface area (Å²) in [6.07, 6.45) is 3.47. The fourth-order valence-corrected chi connectivity index (χ4v) is 6.97. The van der Waals surface area contributed by atoms with E-state index in [1.165, 1.54) is 33.6 Å². The molecular formula is C22H29N3O4S2. The summed E-state index contributed by atoms with van der Waals surface area (Å²) in [6.45, 7) is 8.87. The van der Waals surface area contributed by atoms with Crippen LogP contribution in [-0.4, -0.2) is 56.7 Å². The largest absolute Gasteiger partial charge is 0.477 e. The van der Waals surface area contributed by atoms with Crippen molar-refractivity contribution in [2.24, 2.45) is 17.8 Å². The maximum atomic E-state index is 12.5. The molecule has 0 unspecified atom stereocenters. The third-order valence-electron chi connectivity index (χ3n) is 6.25. The molecule has 7 nitrogen and oxygen atoms in total. The van der Waals surface area contributed by atoms with Gasteiger partial charge in [0.25, 0.3) is 0 Å². The molecule has 3 aliphatic heterocycles. The van der Waals surface area contributed by atoms with Gasteiger partial charge >= 0.3 is 5.97 Å². The molecule has 0 aliphatic carbocycles. The number of hydrogen-bond donors (Lipinski definition) is 3. The molecule has 3 aliphatic rings. The van der Waals surface area contributed by atoms with E-state index >= 15 is 0 Å². The third-order valence-corrected chi connectivity index (χ3v) is 8.47. The molecule has 0 bridgehead atoms. The monoisotopic (exact) mass is 463 g/mol. The minimum atomic E-state index is -1.11. The van der Waals surface area contributed by atoms with Crippen molar-refractivity contribution in [2.45, 2.75) is 63.1 Å². The number of nitrogens with zero attached hydrogens (tertiary/aromatic N) is 2. The van der Waals surface area contributed by atoms with Crippen LogP contribution in [0.3, 0.4) is 0 Å². The van der Waals surface area contributed by atoms with Crippen molar-refractivity contribution in [2.75, 3.05) is 6.54 Å². The Hall–Kier alpha value is -1.68. The molecule has 5 atom stereocenters. The molecule has 1 saturated heterocycles. The van der Waals surface area contributed by atoms with E-state index in [2.05, 4.69) is 25.2 Å². The topological polar surface area (TPSA) is 103 Å². The number of amides is 1. The maximum absolute atomic E-state index is 12.5. The number of thiazole rings is 1. The van der Waals surface area contributed by atoms with Crippen LogP contribution >= 0.6 is 23.1 Å². The van der Waals surface area contributed by atoms with Crippen LogP contribution in [0.1, 0.15) is 46.2 Å². The Morgan fingerprint density at radius 1 is 1.42 bits per heavy atom. The Labute approximate surface area is 190 Å². The number of carbonyl (C=O) groups is 2. The number of aliphatic carboxylic acids is 1. The van der Waals surface area contributed by atoms with E-state index in [0.717, 1.165) is 29.4 Å². The Morgan fingerprint density at radius 3 is 2.81 bits per heavy atom. The normalized spacial score (nSPS) is 29.2. The predicted octanol–water partition coefficient (Wildman–Crippen LogP) is 3.18. The molecule has 0 saturated carbocycles. The Kier molecular flexibility index (Phi) is 6.31. The zero-order chi connectivity index (χ0) is 22.4. The number of carboxylic acid groups (broad SMARTS) is 1. The highest BCUT2D eigenvalue weighted by molar-refractivity contribution is 8.04. The van der Waals surface area contributed by atoms with Gasteiger partial charge in [-0.2, -0.15) is 0 Å². The molecule has 0 spiro atoms. The highest BCUT2D eigenvalue weighted by Gasteiger charge is 2.60. The summed E-state index contributed by atoms with van der Waals surface area (Å²) in [5.41, 5.74) is 2.22. The van der Waals surface area contributed by atoms with Crippen LogP contribution in [0, 0.1) is 17.8 Å². The standard InChI is InChI=1S/C22H29N3O4S2/c1-10(2)7-14-8-13(5-6-23-14)15-9-30-22(24-15)31-19-11(3)17-16(12(4)26)20(27)25(17)18(19)21(28)29/h8-12,14,16-17,23,26H,5-7H2,1-4H3,(H,28,29)/t11-,12-,14+,16-,17-/m1/s1. The highest BCUT2D eigenvalue weighted by Crippen LogP contribution is 2.52. The molecular weight excluding hydrogens is 434 g/mol. The summed E-state index contributed by atoms with van der Waals surface area (Å²) in [7, 11) is 0. The van der Waals surface area contributed by atoms with Gasteiger partial charge in [0.1, 0.15) is 5.70 Å². The molecule has 3 N–H and O–H groups in total. The van der Waals surface area contributed by atoms with E-state index in [4.69, 9.17) is 4.98 Å². The molecule has 4 heterocycles. The SMILES string of the molecule is CC(C)C[C@H]1C=C(c2csc(SC3=C(C(=O)O)N4C(=O)[C@H]([C@@H](C)O)[C@H]4[C@H]3C)n2)CCN1. The fraction of sp³-hybridized carbons (Fsp3) is 0.591. The molecule has 0 radical (unpaired) electrons. The lowest BCUT2D eigenvalue weighted by Gasteiger charge is -2.46. The fourth-order valence-electron chi connectivity index (χ4n) is 4.85. The maximum Gasteiger partial charge on any atom is 0.353 e. The summed E-state index contributed by atoms with van der Waals surface area (Å²) in [4.78, 5) is 31.3. The molecule has 31 heavy (non-hydrogen) atoms. The molecule has 9 heteroatoms. The number of thioether (sulfide) groups is 1. The van der Waals surface area contributed by atoms with E-state index in [1.807, 2.05) is 12.3 Å². The summed E-state index contributed by atoms with van der Waals surface area (Å²) in [6, 6.07) is 0.0500. The van der Waals surface area contributed by atoms with Gasteiger partial charge in [-0.25, -0.2) is 9.78 Å². The number of aliphatic hydroxyl groups excluding tert-OH is 1. The molecule has 4 rings (SSSR count). The van der Waals surface area contributed by atoms with Gasteiger partial charge in [-0.1, -0.05) is 38.6 Å².